The molecule has 0 bridgehead atoms. The van der Waals surface area contributed by atoms with E-state index in [9.17, 15) is 4.79 Å². The molecule has 1 aromatic rings. The smallest absolute Gasteiger partial charge is 0.336 e. The molecule has 0 radical (unpaired) electrons. The number of hydrogen-bond acceptors (Lipinski definition) is 5. The first-order chi connectivity index (χ1) is 9.69. The molecule has 5 heteroatoms. The van der Waals surface area contributed by atoms with Crippen LogP contribution in [0, 0.1) is 6.92 Å². The largest absolute Gasteiger partial charge is 0.492 e. The summed E-state index contributed by atoms with van der Waals surface area (Å²) in [7, 11) is 1.38. The van der Waals surface area contributed by atoms with Crippen LogP contribution in [0.25, 0.3) is 0 Å². The molecule has 0 N–H and O–H groups in total. The maximum Gasteiger partial charge on any atom is 0.336 e. The van der Waals surface area contributed by atoms with Gasteiger partial charge >= 0.3 is 5.97 Å². The Kier molecular flexibility index (Phi) is 5.38. The standard InChI is InChI=1S/C15H21NO4/c1-12-3-5-13(6-4-12)19-9-7-16-8-10-20-14(11-16)15(17)18-2/h3-6,14H,7-11H2,1-2H3. The molecule has 0 amide bonds. The summed E-state index contributed by atoms with van der Waals surface area (Å²) in [6, 6.07) is 7.98. The van der Waals surface area contributed by atoms with Crippen molar-refractivity contribution in [2.45, 2.75) is 13.0 Å². The first-order valence-corrected chi connectivity index (χ1v) is 6.80. The Morgan fingerprint density at radius 2 is 2.15 bits per heavy atom. The average molecular weight is 279 g/mol. The molecule has 1 atom stereocenters. The highest BCUT2D eigenvalue weighted by molar-refractivity contribution is 5.74. The molecule has 20 heavy (non-hydrogen) atoms. The van der Waals surface area contributed by atoms with Gasteiger partial charge in [-0.2, -0.15) is 0 Å². The molecule has 0 aromatic heterocycles. The van der Waals surface area contributed by atoms with Crippen molar-refractivity contribution in [1.82, 2.24) is 4.90 Å². The zero-order chi connectivity index (χ0) is 14.4. The highest BCUT2D eigenvalue weighted by Gasteiger charge is 2.26. The Morgan fingerprint density at radius 1 is 1.40 bits per heavy atom. The van der Waals surface area contributed by atoms with Crippen LogP contribution in [0.2, 0.25) is 0 Å². The predicted octanol–water partition coefficient (Wildman–Crippen LogP) is 1.25. The van der Waals surface area contributed by atoms with Crippen molar-refractivity contribution in [3.8, 4) is 5.75 Å². The predicted molar refractivity (Wildman–Crippen MR) is 74.9 cm³/mol. The van der Waals surface area contributed by atoms with Crippen molar-refractivity contribution in [2.24, 2.45) is 0 Å². The molecular weight excluding hydrogens is 258 g/mol. The van der Waals surface area contributed by atoms with Crippen molar-refractivity contribution in [3.63, 3.8) is 0 Å². The monoisotopic (exact) mass is 279 g/mol. The topological polar surface area (TPSA) is 48.0 Å². The summed E-state index contributed by atoms with van der Waals surface area (Å²) in [6.45, 7) is 5.32. The number of carbonyl (C=O) groups excluding carboxylic acids is 1. The maximum atomic E-state index is 11.4. The van der Waals surface area contributed by atoms with E-state index in [-0.39, 0.29) is 5.97 Å². The first kappa shape index (κ1) is 14.8. The van der Waals surface area contributed by atoms with Crippen LogP contribution in [0.1, 0.15) is 5.56 Å². The molecule has 0 spiro atoms. The Balaban J connectivity index is 1.73. The average Bonchev–Trinajstić information content (AvgIpc) is 2.49. The maximum absolute atomic E-state index is 11.4. The van der Waals surface area contributed by atoms with Crippen molar-refractivity contribution in [1.29, 1.82) is 0 Å². The molecule has 110 valence electrons. The lowest BCUT2D eigenvalue weighted by atomic mass is 10.2. The normalized spacial score (nSPS) is 19.6. The van der Waals surface area contributed by atoms with Crippen LogP contribution < -0.4 is 4.74 Å². The fourth-order valence-electron chi connectivity index (χ4n) is 2.11. The van der Waals surface area contributed by atoms with Gasteiger partial charge in [0.2, 0.25) is 0 Å². The van der Waals surface area contributed by atoms with Crippen LogP contribution >= 0.6 is 0 Å². The molecule has 2 rings (SSSR count). The number of morpholine rings is 1. The van der Waals surface area contributed by atoms with Gasteiger partial charge in [-0.25, -0.2) is 4.79 Å². The number of carbonyl (C=O) groups is 1. The quantitative estimate of drug-likeness (QED) is 0.759. The molecule has 1 heterocycles. The second kappa shape index (κ2) is 7.26. The van der Waals surface area contributed by atoms with Crippen LogP contribution in [-0.2, 0) is 14.3 Å². The number of esters is 1. The highest BCUT2D eigenvalue weighted by atomic mass is 16.6. The second-order valence-electron chi connectivity index (χ2n) is 4.84. The SMILES string of the molecule is COC(=O)C1CN(CCOc2ccc(C)cc2)CCO1. The van der Waals surface area contributed by atoms with E-state index in [1.165, 1.54) is 12.7 Å². The van der Waals surface area contributed by atoms with Gasteiger partial charge in [0.25, 0.3) is 0 Å². The van der Waals surface area contributed by atoms with Gasteiger partial charge in [0.05, 0.1) is 13.7 Å². The third kappa shape index (κ3) is 4.21. The van der Waals surface area contributed by atoms with E-state index in [2.05, 4.69) is 4.90 Å². The van der Waals surface area contributed by atoms with Crippen LogP contribution in [-0.4, -0.2) is 56.9 Å². The summed E-state index contributed by atoms with van der Waals surface area (Å²) in [5.41, 5.74) is 1.21. The lowest BCUT2D eigenvalue weighted by Gasteiger charge is -2.31. The van der Waals surface area contributed by atoms with E-state index in [4.69, 9.17) is 14.2 Å². The molecule has 1 unspecified atom stereocenters. The van der Waals surface area contributed by atoms with Gasteiger partial charge < -0.3 is 14.2 Å². The number of benzene rings is 1. The number of nitrogens with zero attached hydrogens (tertiary/aromatic N) is 1. The molecule has 1 aromatic carbocycles. The Labute approximate surface area is 119 Å². The van der Waals surface area contributed by atoms with E-state index in [1.54, 1.807) is 0 Å². The van der Waals surface area contributed by atoms with E-state index in [0.29, 0.717) is 19.8 Å². The van der Waals surface area contributed by atoms with Crippen LogP contribution in [0.5, 0.6) is 5.75 Å². The minimum absolute atomic E-state index is 0.311. The van der Waals surface area contributed by atoms with Gasteiger partial charge in [-0.15, -0.1) is 0 Å². The summed E-state index contributed by atoms with van der Waals surface area (Å²) in [5, 5.41) is 0. The summed E-state index contributed by atoms with van der Waals surface area (Å²) in [6.07, 6.45) is -0.479. The molecule has 1 aliphatic rings. The molecular formula is C15H21NO4. The van der Waals surface area contributed by atoms with Gasteiger partial charge in [-0.1, -0.05) is 17.7 Å². The third-order valence-corrected chi connectivity index (χ3v) is 3.31. The minimum Gasteiger partial charge on any atom is -0.492 e. The van der Waals surface area contributed by atoms with Gasteiger partial charge in [-0.3, -0.25) is 4.90 Å². The third-order valence-electron chi connectivity index (χ3n) is 3.31. The van der Waals surface area contributed by atoms with Crippen molar-refractivity contribution < 1.29 is 19.0 Å². The van der Waals surface area contributed by atoms with Gasteiger partial charge in [0.15, 0.2) is 6.10 Å². The zero-order valence-electron chi connectivity index (χ0n) is 12.0. The summed E-state index contributed by atoms with van der Waals surface area (Å²) < 4.78 is 15.8. The fraction of sp³-hybridized carbons (Fsp3) is 0.533. The number of rotatable bonds is 5. The van der Waals surface area contributed by atoms with Gasteiger partial charge in [0.1, 0.15) is 12.4 Å². The Bertz CT molecular complexity index is 432. The van der Waals surface area contributed by atoms with Gasteiger partial charge in [-0.05, 0) is 19.1 Å². The molecule has 1 fully saturated rings. The summed E-state index contributed by atoms with van der Waals surface area (Å²) in [5.74, 6) is 0.558. The lowest BCUT2D eigenvalue weighted by Crippen LogP contribution is -2.47. The van der Waals surface area contributed by atoms with E-state index in [1.807, 2.05) is 31.2 Å². The highest BCUT2D eigenvalue weighted by Crippen LogP contribution is 2.12. The Hall–Kier alpha value is -1.59. The Morgan fingerprint density at radius 3 is 2.85 bits per heavy atom. The minimum atomic E-state index is -0.479. The van der Waals surface area contributed by atoms with E-state index in [0.717, 1.165) is 18.8 Å². The van der Waals surface area contributed by atoms with E-state index < -0.39 is 6.10 Å². The first-order valence-electron chi connectivity index (χ1n) is 6.80. The molecule has 0 aliphatic carbocycles. The fourth-order valence-corrected chi connectivity index (χ4v) is 2.11. The lowest BCUT2D eigenvalue weighted by molar-refractivity contribution is -0.159. The van der Waals surface area contributed by atoms with Crippen LogP contribution in [0.4, 0.5) is 0 Å². The summed E-state index contributed by atoms with van der Waals surface area (Å²) >= 11 is 0. The molecule has 1 aliphatic heterocycles. The van der Waals surface area contributed by atoms with Gasteiger partial charge in [0, 0.05) is 19.6 Å². The molecule has 0 saturated carbocycles. The molecule has 1 saturated heterocycles. The second-order valence-corrected chi connectivity index (χ2v) is 4.84. The van der Waals surface area contributed by atoms with Crippen molar-refractivity contribution >= 4 is 5.97 Å². The van der Waals surface area contributed by atoms with Crippen molar-refractivity contribution in [2.75, 3.05) is 40.0 Å². The van der Waals surface area contributed by atoms with Crippen molar-refractivity contribution in [3.05, 3.63) is 29.8 Å². The summed E-state index contributed by atoms with van der Waals surface area (Å²) in [4.78, 5) is 13.6. The van der Waals surface area contributed by atoms with E-state index >= 15 is 0 Å². The number of hydrogen-bond donors (Lipinski definition) is 0. The number of aryl methyl sites for hydroxylation is 1. The number of ether oxygens (including phenoxy) is 3. The van der Waals surface area contributed by atoms with Crippen LogP contribution in [0.3, 0.4) is 0 Å². The number of methoxy groups -OCH3 is 1. The zero-order valence-corrected chi connectivity index (χ0v) is 12.0. The molecule has 5 nitrogen and oxygen atoms in total. The van der Waals surface area contributed by atoms with Crippen LogP contribution in [0.15, 0.2) is 24.3 Å².